The van der Waals surface area contributed by atoms with Crippen LogP contribution in [0.2, 0.25) is 0 Å². The molecule has 0 aliphatic carbocycles. The molecule has 0 bridgehead atoms. The fourth-order valence-electron chi connectivity index (χ4n) is 4.62. The minimum Gasteiger partial charge on any atom is -0.462 e. The van der Waals surface area contributed by atoms with Crippen molar-refractivity contribution >= 4 is 11.9 Å². The topological polar surface area (TPSA) is 61.8 Å². The Morgan fingerprint density at radius 2 is 0.868 bits per heavy atom. The summed E-state index contributed by atoms with van der Waals surface area (Å²) in [7, 11) is 0. The third-order valence-electron chi connectivity index (χ3n) is 7.14. The number of hydrogen-bond acceptors (Lipinski definition) is 5. The number of hydrogen-bond donors (Lipinski definition) is 0. The molecule has 0 saturated carbocycles. The second-order valence-corrected chi connectivity index (χ2v) is 11.1. The lowest BCUT2D eigenvalue weighted by Crippen LogP contribution is -2.30. The Bertz CT molecular complexity index is 508. The van der Waals surface area contributed by atoms with Crippen molar-refractivity contribution in [2.75, 3.05) is 19.8 Å². The van der Waals surface area contributed by atoms with Gasteiger partial charge in [0.2, 0.25) is 0 Å². The van der Waals surface area contributed by atoms with Gasteiger partial charge in [-0.05, 0) is 19.3 Å². The van der Waals surface area contributed by atoms with E-state index in [1.807, 2.05) is 0 Å². The molecule has 1 atom stereocenters. The molecular weight excluding hydrogens is 476 g/mol. The van der Waals surface area contributed by atoms with Gasteiger partial charge in [-0.15, -0.1) is 0 Å². The molecule has 5 heteroatoms. The summed E-state index contributed by atoms with van der Waals surface area (Å²) in [6.07, 6.45) is 26.9. The van der Waals surface area contributed by atoms with Gasteiger partial charge in [0.05, 0.1) is 6.61 Å². The molecule has 5 nitrogen and oxygen atoms in total. The third kappa shape index (κ3) is 27.9. The van der Waals surface area contributed by atoms with Gasteiger partial charge in [0.25, 0.3) is 0 Å². The summed E-state index contributed by atoms with van der Waals surface area (Å²) in [5.41, 5.74) is 0. The number of carbonyl (C=O) groups is 2. The maximum atomic E-state index is 12.4. The van der Waals surface area contributed by atoms with Crippen LogP contribution >= 0.6 is 0 Å². The zero-order chi connectivity index (χ0) is 27.9. The van der Waals surface area contributed by atoms with Gasteiger partial charge in [-0.3, -0.25) is 9.59 Å². The molecule has 0 saturated heterocycles. The summed E-state index contributed by atoms with van der Waals surface area (Å²) in [6, 6.07) is 0. The molecule has 0 aliphatic rings. The first kappa shape index (κ1) is 36.9. The molecule has 0 heterocycles. The molecule has 0 N–H and O–H groups in total. The van der Waals surface area contributed by atoms with Crippen molar-refractivity contribution < 1.29 is 23.8 Å². The minimum atomic E-state index is -0.515. The van der Waals surface area contributed by atoms with Gasteiger partial charge in [0.15, 0.2) is 6.10 Å². The van der Waals surface area contributed by atoms with Crippen LogP contribution in [0.25, 0.3) is 0 Å². The molecule has 0 aromatic carbocycles. The van der Waals surface area contributed by atoms with Crippen LogP contribution in [0, 0.1) is 0 Å². The van der Waals surface area contributed by atoms with Crippen LogP contribution in [0.3, 0.4) is 0 Å². The van der Waals surface area contributed by atoms with Crippen molar-refractivity contribution in [1.29, 1.82) is 0 Å². The number of carbonyl (C=O) groups excluding carboxylic acids is 2. The standard InChI is InChI=1S/C33H64O5/c1-4-7-10-13-15-16-17-19-22-25-28-36-29-31(38-33(35)27-24-20-12-9-6-3)30-37-32(34)26-23-21-18-14-11-8-5-2/h31H,4-30H2,1-3H3. The second kappa shape index (κ2) is 30.4. The van der Waals surface area contributed by atoms with Crippen LogP contribution in [0.1, 0.15) is 175 Å². The average molecular weight is 541 g/mol. The number of esters is 2. The predicted octanol–water partition coefficient (Wildman–Crippen LogP) is 9.88. The van der Waals surface area contributed by atoms with E-state index in [4.69, 9.17) is 14.2 Å². The highest BCUT2D eigenvalue weighted by Gasteiger charge is 2.17. The molecular formula is C33H64O5. The number of ether oxygens (including phenoxy) is 3. The van der Waals surface area contributed by atoms with Gasteiger partial charge < -0.3 is 14.2 Å². The summed E-state index contributed by atoms with van der Waals surface area (Å²) in [5, 5.41) is 0. The fraction of sp³-hybridized carbons (Fsp3) is 0.939. The summed E-state index contributed by atoms with van der Waals surface area (Å²) in [5.74, 6) is -0.411. The Labute approximate surface area is 236 Å². The lowest BCUT2D eigenvalue weighted by molar-refractivity contribution is -0.163. The molecule has 0 aromatic rings. The van der Waals surface area contributed by atoms with E-state index in [2.05, 4.69) is 20.8 Å². The normalized spacial score (nSPS) is 12.0. The Hall–Kier alpha value is -1.10. The molecule has 0 aliphatic heterocycles. The minimum absolute atomic E-state index is 0.0922. The van der Waals surface area contributed by atoms with Crippen LogP contribution in [0.5, 0.6) is 0 Å². The van der Waals surface area contributed by atoms with Gasteiger partial charge in [-0.25, -0.2) is 0 Å². The lowest BCUT2D eigenvalue weighted by Gasteiger charge is -2.18. The van der Waals surface area contributed by atoms with E-state index in [9.17, 15) is 9.59 Å². The fourth-order valence-corrected chi connectivity index (χ4v) is 4.62. The SMILES string of the molecule is CCCCCCCCCCCCOCC(COC(=O)CCCCCCCCC)OC(=O)CCCCCCC. The Morgan fingerprint density at radius 3 is 1.34 bits per heavy atom. The second-order valence-electron chi connectivity index (χ2n) is 11.1. The Morgan fingerprint density at radius 1 is 0.474 bits per heavy atom. The first-order valence-electron chi connectivity index (χ1n) is 16.6. The van der Waals surface area contributed by atoms with Crippen LogP contribution in [-0.2, 0) is 23.8 Å². The summed E-state index contributed by atoms with van der Waals surface area (Å²) in [4.78, 5) is 24.6. The quantitative estimate of drug-likeness (QED) is 0.0670. The van der Waals surface area contributed by atoms with Crippen LogP contribution in [-0.4, -0.2) is 37.9 Å². The van der Waals surface area contributed by atoms with Crippen molar-refractivity contribution in [3.05, 3.63) is 0 Å². The van der Waals surface area contributed by atoms with Gasteiger partial charge in [0, 0.05) is 19.4 Å². The van der Waals surface area contributed by atoms with Gasteiger partial charge in [-0.1, -0.05) is 143 Å². The van der Waals surface area contributed by atoms with Gasteiger partial charge >= 0.3 is 11.9 Å². The average Bonchev–Trinajstić information content (AvgIpc) is 2.91. The summed E-state index contributed by atoms with van der Waals surface area (Å²) in [6.45, 7) is 7.71. The summed E-state index contributed by atoms with van der Waals surface area (Å²) < 4.78 is 17.0. The largest absolute Gasteiger partial charge is 0.462 e. The number of rotatable bonds is 30. The molecule has 0 rings (SSSR count). The molecule has 0 aromatic heterocycles. The molecule has 0 amide bonds. The maximum absolute atomic E-state index is 12.4. The van der Waals surface area contributed by atoms with Crippen LogP contribution in [0.4, 0.5) is 0 Å². The Balaban J connectivity index is 4.13. The van der Waals surface area contributed by atoms with Gasteiger partial charge in [-0.2, -0.15) is 0 Å². The zero-order valence-electron chi connectivity index (χ0n) is 25.7. The highest BCUT2D eigenvalue weighted by atomic mass is 16.6. The predicted molar refractivity (Wildman–Crippen MR) is 159 cm³/mol. The zero-order valence-corrected chi connectivity index (χ0v) is 25.7. The molecule has 0 radical (unpaired) electrons. The highest BCUT2D eigenvalue weighted by Crippen LogP contribution is 2.12. The lowest BCUT2D eigenvalue weighted by atomic mass is 10.1. The van der Waals surface area contributed by atoms with Crippen LogP contribution in [0.15, 0.2) is 0 Å². The van der Waals surface area contributed by atoms with Crippen molar-refractivity contribution in [2.45, 2.75) is 181 Å². The number of unbranched alkanes of at least 4 members (excludes halogenated alkanes) is 19. The van der Waals surface area contributed by atoms with E-state index in [-0.39, 0.29) is 18.5 Å². The van der Waals surface area contributed by atoms with E-state index in [0.717, 1.165) is 38.5 Å². The van der Waals surface area contributed by atoms with Crippen molar-refractivity contribution in [3.8, 4) is 0 Å². The molecule has 226 valence electrons. The van der Waals surface area contributed by atoms with Crippen molar-refractivity contribution in [3.63, 3.8) is 0 Å². The van der Waals surface area contributed by atoms with E-state index >= 15 is 0 Å². The highest BCUT2D eigenvalue weighted by molar-refractivity contribution is 5.70. The van der Waals surface area contributed by atoms with E-state index in [0.29, 0.717) is 26.1 Å². The van der Waals surface area contributed by atoms with Crippen LogP contribution < -0.4 is 0 Å². The van der Waals surface area contributed by atoms with E-state index in [1.165, 1.54) is 103 Å². The smallest absolute Gasteiger partial charge is 0.306 e. The monoisotopic (exact) mass is 540 g/mol. The van der Waals surface area contributed by atoms with Crippen molar-refractivity contribution in [1.82, 2.24) is 0 Å². The molecule has 38 heavy (non-hydrogen) atoms. The maximum Gasteiger partial charge on any atom is 0.306 e. The van der Waals surface area contributed by atoms with Gasteiger partial charge in [0.1, 0.15) is 6.61 Å². The molecule has 1 unspecified atom stereocenters. The molecule has 0 fully saturated rings. The van der Waals surface area contributed by atoms with Crippen molar-refractivity contribution in [2.24, 2.45) is 0 Å². The first-order chi connectivity index (χ1) is 18.6. The molecule has 0 spiro atoms. The first-order valence-corrected chi connectivity index (χ1v) is 16.6. The Kier molecular flexibility index (Phi) is 29.6. The van der Waals surface area contributed by atoms with E-state index < -0.39 is 6.10 Å². The third-order valence-corrected chi connectivity index (χ3v) is 7.14. The van der Waals surface area contributed by atoms with E-state index in [1.54, 1.807) is 0 Å². The summed E-state index contributed by atoms with van der Waals surface area (Å²) >= 11 is 0.